The minimum atomic E-state index is -0.307. The average Bonchev–Trinajstić information content (AvgIpc) is 2.54. The summed E-state index contributed by atoms with van der Waals surface area (Å²) in [6.45, 7) is 3.11. The van der Waals surface area contributed by atoms with E-state index < -0.39 is 0 Å². The number of nitrogens with zero attached hydrogens (tertiary/aromatic N) is 2. The van der Waals surface area contributed by atoms with E-state index in [-0.39, 0.29) is 11.9 Å². The lowest BCUT2D eigenvalue weighted by Crippen LogP contribution is -2.51. The quantitative estimate of drug-likeness (QED) is 0.926. The first-order chi connectivity index (χ1) is 9.47. The van der Waals surface area contributed by atoms with Crippen molar-refractivity contribution in [3.8, 4) is 0 Å². The molecule has 2 rings (SSSR count). The van der Waals surface area contributed by atoms with E-state index in [9.17, 15) is 4.39 Å². The van der Waals surface area contributed by atoms with E-state index in [2.05, 4.69) is 23.9 Å². The zero-order chi connectivity index (χ0) is 14.7. The Bertz CT molecular complexity index is 455. The molecule has 0 amide bonds. The van der Waals surface area contributed by atoms with Gasteiger partial charge in [0.05, 0.1) is 0 Å². The maximum absolute atomic E-state index is 13.1. The molecule has 2 atom stereocenters. The largest absolute Gasteiger partial charge is 0.326 e. The molecule has 2 unspecified atom stereocenters. The van der Waals surface area contributed by atoms with Crippen molar-refractivity contribution in [2.24, 2.45) is 5.73 Å². The van der Waals surface area contributed by atoms with Crippen LogP contribution in [-0.4, -0.2) is 55.6 Å². The van der Waals surface area contributed by atoms with Crippen molar-refractivity contribution in [3.63, 3.8) is 0 Å². The fraction of sp³-hybridized carbons (Fsp3) is 0.600. The van der Waals surface area contributed by atoms with Crippen LogP contribution in [0.1, 0.15) is 12.0 Å². The molecule has 0 aromatic heterocycles. The van der Waals surface area contributed by atoms with Gasteiger partial charge in [0.15, 0.2) is 0 Å². The van der Waals surface area contributed by atoms with Crippen LogP contribution in [0.2, 0.25) is 5.02 Å². The number of hydrogen-bond donors (Lipinski definition) is 1. The van der Waals surface area contributed by atoms with Crippen molar-refractivity contribution < 1.29 is 4.39 Å². The van der Waals surface area contributed by atoms with Crippen LogP contribution in [-0.2, 0) is 6.42 Å². The normalized spacial score (nSPS) is 23.6. The van der Waals surface area contributed by atoms with Crippen LogP contribution < -0.4 is 5.73 Å². The highest BCUT2D eigenvalue weighted by Crippen LogP contribution is 2.20. The van der Waals surface area contributed by atoms with Crippen LogP contribution in [0.5, 0.6) is 0 Å². The second kappa shape index (κ2) is 6.85. The molecule has 0 radical (unpaired) electrons. The first kappa shape index (κ1) is 15.7. The average molecular weight is 300 g/mol. The molecular formula is C15H23ClFN3. The molecule has 1 aliphatic rings. The summed E-state index contributed by atoms with van der Waals surface area (Å²) >= 11 is 6.09. The van der Waals surface area contributed by atoms with Crippen molar-refractivity contribution in [2.45, 2.75) is 24.9 Å². The predicted octanol–water partition coefficient (Wildman–Crippen LogP) is 1.98. The number of rotatable bonds is 3. The maximum atomic E-state index is 13.1. The summed E-state index contributed by atoms with van der Waals surface area (Å²) in [5, 5.41) is 0.463. The van der Waals surface area contributed by atoms with Crippen molar-refractivity contribution >= 4 is 11.6 Å². The molecule has 0 saturated carbocycles. The highest BCUT2D eigenvalue weighted by Gasteiger charge is 2.26. The molecule has 1 aromatic rings. The Kier molecular flexibility index (Phi) is 5.38. The molecule has 0 aliphatic carbocycles. The van der Waals surface area contributed by atoms with E-state index in [1.807, 2.05) is 0 Å². The molecule has 0 bridgehead atoms. The summed E-state index contributed by atoms with van der Waals surface area (Å²) in [6.07, 6.45) is 1.83. The van der Waals surface area contributed by atoms with Gasteiger partial charge in [-0.3, -0.25) is 0 Å². The van der Waals surface area contributed by atoms with Crippen LogP contribution in [0, 0.1) is 5.82 Å². The Balaban J connectivity index is 2.07. The summed E-state index contributed by atoms with van der Waals surface area (Å²) in [6, 6.07) is 4.81. The predicted molar refractivity (Wildman–Crippen MR) is 81.6 cm³/mol. The Morgan fingerprint density at radius 1 is 1.40 bits per heavy atom. The Hall–Kier alpha value is -0.680. The molecule has 112 valence electrons. The third-order valence-corrected chi connectivity index (χ3v) is 4.43. The lowest BCUT2D eigenvalue weighted by Gasteiger charge is -2.32. The molecular weight excluding hydrogens is 277 g/mol. The lowest BCUT2D eigenvalue weighted by molar-refractivity contribution is 0.195. The van der Waals surface area contributed by atoms with Gasteiger partial charge in [-0.05, 0) is 57.7 Å². The third kappa shape index (κ3) is 3.92. The number of likely N-dealkylation sites (N-methyl/N-ethyl adjacent to an activating group) is 2. The second-order valence-corrected chi connectivity index (χ2v) is 6.17. The SMILES string of the molecule is CN1CCCN(C)C(C(N)Cc2ccc(F)cc2Cl)C1. The number of halogens is 2. The van der Waals surface area contributed by atoms with Gasteiger partial charge in [-0.25, -0.2) is 4.39 Å². The van der Waals surface area contributed by atoms with Gasteiger partial charge in [0.25, 0.3) is 0 Å². The van der Waals surface area contributed by atoms with Crippen molar-refractivity contribution in [2.75, 3.05) is 33.7 Å². The first-order valence-electron chi connectivity index (χ1n) is 7.05. The Labute approximate surface area is 125 Å². The second-order valence-electron chi connectivity index (χ2n) is 5.77. The van der Waals surface area contributed by atoms with E-state index in [1.54, 1.807) is 6.07 Å². The minimum absolute atomic E-state index is 0.0106. The van der Waals surface area contributed by atoms with E-state index in [1.165, 1.54) is 12.1 Å². The highest BCUT2D eigenvalue weighted by atomic mass is 35.5. The van der Waals surface area contributed by atoms with Crippen LogP contribution in [0.15, 0.2) is 18.2 Å². The van der Waals surface area contributed by atoms with Gasteiger partial charge < -0.3 is 15.5 Å². The van der Waals surface area contributed by atoms with E-state index in [0.717, 1.165) is 31.6 Å². The molecule has 1 saturated heterocycles. The van der Waals surface area contributed by atoms with Crippen LogP contribution in [0.4, 0.5) is 4.39 Å². The first-order valence-corrected chi connectivity index (χ1v) is 7.43. The van der Waals surface area contributed by atoms with E-state index >= 15 is 0 Å². The molecule has 1 heterocycles. The summed E-state index contributed by atoms with van der Waals surface area (Å²) < 4.78 is 13.1. The molecule has 20 heavy (non-hydrogen) atoms. The summed E-state index contributed by atoms with van der Waals surface area (Å²) in [5.41, 5.74) is 7.31. The van der Waals surface area contributed by atoms with Crippen LogP contribution >= 0.6 is 11.6 Å². The van der Waals surface area contributed by atoms with Gasteiger partial charge in [0.2, 0.25) is 0 Å². The van der Waals surface area contributed by atoms with E-state index in [0.29, 0.717) is 17.5 Å². The fourth-order valence-corrected chi connectivity index (χ4v) is 3.09. The van der Waals surface area contributed by atoms with Gasteiger partial charge in [-0.2, -0.15) is 0 Å². The van der Waals surface area contributed by atoms with Gasteiger partial charge in [0.1, 0.15) is 5.82 Å². The van der Waals surface area contributed by atoms with Crippen molar-refractivity contribution in [1.82, 2.24) is 9.80 Å². The Morgan fingerprint density at radius 3 is 2.85 bits per heavy atom. The molecule has 3 nitrogen and oxygen atoms in total. The van der Waals surface area contributed by atoms with E-state index in [4.69, 9.17) is 17.3 Å². The standard InChI is InChI=1S/C15H23ClFN3/c1-19-6-3-7-20(2)15(10-19)14(18)8-11-4-5-12(17)9-13(11)16/h4-5,9,14-15H,3,6-8,10,18H2,1-2H3. The molecule has 5 heteroatoms. The van der Waals surface area contributed by atoms with Crippen molar-refractivity contribution in [3.05, 3.63) is 34.6 Å². The van der Waals surface area contributed by atoms with Gasteiger partial charge >= 0.3 is 0 Å². The molecule has 1 aromatic carbocycles. The fourth-order valence-electron chi connectivity index (χ4n) is 2.85. The smallest absolute Gasteiger partial charge is 0.124 e. The van der Waals surface area contributed by atoms with Gasteiger partial charge in [0, 0.05) is 23.7 Å². The summed E-state index contributed by atoms with van der Waals surface area (Å²) in [4.78, 5) is 4.64. The molecule has 1 fully saturated rings. The zero-order valence-electron chi connectivity index (χ0n) is 12.1. The van der Waals surface area contributed by atoms with Gasteiger partial charge in [-0.15, -0.1) is 0 Å². The van der Waals surface area contributed by atoms with Crippen LogP contribution in [0.3, 0.4) is 0 Å². The monoisotopic (exact) mass is 299 g/mol. The minimum Gasteiger partial charge on any atom is -0.326 e. The molecule has 0 spiro atoms. The number of nitrogens with two attached hydrogens (primary N) is 1. The maximum Gasteiger partial charge on any atom is 0.124 e. The summed E-state index contributed by atoms with van der Waals surface area (Å²) in [7, 11) is 4.25. The van der Waals surface area contributed by atoms with Crippen molar-refractivity contribution in [1.29, 1.82) is 0 Å². The summed E-state index contributed by atoms with van der Waals surface area (Å²) in [5.74, 6) is -0.307. The highest BCUT2D eigenvalue weighted by molar-refractivity contribution is 6.31. The zero-order valence-corrected chi connectivity index (χ0v) is 12.9. The number of benzene rings is 1. The lowest BCUT2D eigenvalue weighted by atomic mass is 9.99. The molecule has 2 N–H and O–H groups in total. The van der Waals surface area contributed by atoms with Gasteiger partial charge in [-0.1, -0.05) is 17.7 Å². The van der Waals surface area contributed by atoms with Crippen LogP contribution in [0.25, 0.3) is 0 Å². The third-order valence-electron chi connectivity index (χ3n) is 4.08. The number of hydrogen-bond acceptors (Lipinski definition) is 3. The topological polar surface area (TPSA) is 32.5 Å². The molecule has 1 aliphatic heterocycles. The Morgan fingerprint density at radius 2 is 2.15 bits per heavy atom.